The highest BCUT2D eigenvalue weighted by molar-refractivity contribution is 5.96. The normalized spacial score (nSPS) is 10.5. The van der Waals surface area contributed by atoms with Crippen LogP contribution in [0.1, 0.15) is 37.6 Å². The quantitative estimate of drug-likeness (QED) is 0.387. The lowest BCUT2D eigenvalue weighted by Crippen LogP contribution is -2.12. The predicted molar refractivity (Wildman–Crippen MR) is 102 cm³/mol. The second kappa shape index (κ2) is 9.46. The number of nitro groups is 1. The van der Waals surface area contributed by atoms with Gasteiger partial charge >= 0.3 is 11.7 Å². The van der Waals surface area contributed by atoms with Crippen LogP contribution in [0.25, 0.3) is 0 Å². The minimum Gasteiger partial charge on any atom is -0.462 e. The van der Waals surface area contributed by atoms with Crippen LogP contribution >= 0.6 is 0 Å². The third-order valence-corrected chi connectivity index (χ3v) is 3.69. The lowest BCUT2D eigenvalue weighted by atomic mass is 10.1. The fraction of sp³-hybridized carbons (Fsp3) is 0.389. The monoisotopic (exact) mass is 373 g/mol. The van der Waals surface area contributed by atoms with Gasteiger partial charge in [-0.1, -0.05) is 26.0 Å². The summed E-state index contributed by atoms with van der Waals surface area (Å²) in [6.45, 7) is 6.61. The van der Waals surface area contributed by atoms with Crippen molar-refractivity contribution in [1.82, 2.24) is 9.97 Å². The smallest absolute Gasteiger partial charge is 0.353 e. The Hall–Kier alpha value is -3.23. The first-order valence-electron chi connectivity index (χ1n) is 8.70. The summed E-state index contributed by atoms with van der Waals surface area (Å²) in [4.78, 5) is 31.1. The zero-order chi connectivity index (χ0) is 19.8. The summed E-state index contributed by atoms with van der Waals surface area (Å²) >= 11 is 0. The van der Waals surface area contributed by atoms with Crippen LogP contribution in [-0.2, 0) is 4.74 Å². The van der Waals surface area contributed by atoms with E-state index in [1.165, 1.54) is 6.33 Å². The van der Waals surface area contributed by atoms with Gasteiger partial charge in [0.25, 0.3) is 0 Å². The van der Waals surface area contributed by atoms with Crippen LogP contribution in [0.5, 0.6) is 0 Å². The van der Waals surface area contributed by atoms with Gasteiger partial charge in [0.1, 0.15) is 6.33 Å². The van der Waals surface area contributed by atoms with Crippen molar-refractivity contribution in [1.29, 1.82) is 0 Å². The molecule has 0 fully saturated rings. The molecule has 2 rings (SSSR count). The molecule has 1 aromatic heterocycles. The summed E-state index contributed by atoms with van der Waals surface area (Å²) in [5, 5.41) is 17.5. The number of nitrogens with zero attached hydrogens (tertiary/aromatic N) is 3. The molecule has 27 heavy (non-hydrogen) atoms. The van der Waals surface area contributed by atoms with Crippen molar-refractivity contribution in [2.24, 2.45) is 5.92 Å². The molecule has 0 atom stereocenters. The van der Waals surface area contributed by atoms with Gasteiger partial charge in [-0.3, -0.25) is 10.1 Å². The number of nitrogens with one attached hydrogen (secondary N) is 2. The molecule has 2 N–H and O–H groups in total. The molecule has 0 aliphatic rings. The van der Waals surface area contributed by atoms with Gasteiger partial charge in [-0.05, 0) is 31.4 Å². The lowest BCUT2D eigenvalue weighted by Gasteiger charge is -2.13. The van der Waals surface area contributed by atoms with Crippen LogP contribution < -0.4 is 10.6 Å². The number of esters is 1. The van der Waals surface area contributed by atoms with Gasteiger partial charge in [0.2, 0.25) is 11.6 Å². The molecule has 0 amide bonds. The van der Waals surface area contributed by atoms with Gasteiger partial charge in [0, 0.05) is 6.54 Å². The summed E-state index contributed by atoms with van der Waals surface area (Å²) in [5.41, 5.74) is 0.354. The Labute approximate surface area is 157 Å². The standard InChI is InChI=1S/C18H23N5O4/c1-4-27-18(24)13-7-5-6-8-14(13)22-17-15(23(25)26)16(20-11-21-17)19-10-9-12(2)3/h5-8,11-12H,4,9-10H2,1-3H3,(H2,19,20,21,22). The fourth-order valence-electron chi connectivity index (χ4n) is 2.36. The highest BCUT2D eigenvalue weighted by Gasteiger charge is 2.24. The highest BCUT2D eigenvalue weighted by Crippen LogP contribution is 2.32. The molecule has 0 aliphatic heterocycles. The number of anilines is 3. The van der Waals surface area contributed by atoms with Gasteiger partial charge < -0.3 is 15.4 Å². The molecule has 0 spiro atoms. The largest absolute Gasteiger partial charge is 0.462 e. The molecule has 9 heteroatoms. The Morgan fingerprint density at radius 2 is 1.96 bits per heavy atom. The Balaban J connectivity index is 2.34. The molecule has 144 valence electrons. The first kappa shape index (κ1) is 20.1. The van der Waals surface area contributed by atoms with Crippen molar-refractivity contribution in [3.05, 3.63) is 46.3 Å². The van der Waals surface area contributed by atoms with E-state index < -0.39 is 10.9 Å². The second-order valence-electron chi connectivity index (χ2n) is 6.18. The van der Waals surface area contributed by atoms with Crippen LogP contribution in [0, 0.1) is 16.0 Å². The summed E-state index contributed by atoms with van der Waals surface area (Å²) < 4.78 is 5.03. The third kappa shape index (κ3) is 5.37. The molecule has 0 aliphatic carbocycles. The Morgan fingerprint density at radius 3 is 2.63 bits per heavy atom. The molecule has 0 saturated carbocycles. The number of aromatic nitrogens is 2. The van der Waals surface area contributed by atoms with E-state index >= 15 is 0 Å². The first-order chi connectivity index (χ1) is 12.9. The van der Waals surface area contributed by atoms with E-state index in [0.717, 1.165) is 6.42 Å². The first-order valence-corrected chi connectivity index (χ1v) is 8.70. The van der Waals surface area contributed by atoms with Crippen LogP contribution in [0.2, 0.25) is 0 Å². The topological polar surface area (TPSA) is 119 Å². The van der Waals surface area contributed by atoms with E-state index in [1.807, 2.05) is 0 Å². The molecule has 2 aromatic rings. The van der Waals surface area contributed by atoms with Crippen molar-refractivity contribution in [3.8, 4) is 0 Å². The molecule has 9 nitrogen and oxygen atoms in total. The van der Waals surface area contributed by atoms with Crippen molar-refractivity contribution < 1.29 is 14.5 Å². The van der Waals surface area contributed by atoms with Crippen molar-refractivity contribution in [3.63, 3.8) is 0 Å². The molecule has 0 radical (unpaired) electrons. The van der Waals surface area contributed by atoms with E-state index in [1.54, 1.807) is 31.2 Å². The van der Waals surface area contributed by atoms with Crippen LogP contribution in [0.4, 0.5) is 23.0 Å². The fourth-order valence-corrected chi connectivity index (χ4v) is 2.36. The van der Waals surface area contributed by atoms with E-state index in [9.17, 15) is 14.9 Å². The van der Waals surface area contributed by atoms with Crippen molar-refractivity contribution >= 4 is 29.0 Å². The Bertz CT molecular complexity index is 810. The SMILES string of the molecule is CCOC(=O)c1ccccc1Nc1ncnc(NCCC(C)C)c1[N+](=O)[O-]. The maximum atomic E-state index is 12.1. The number of carbonyl (C=O) groups excluding carboxylic acids is 1. The summed E-state index contributed by atoms with van der Waals surface area (Å²) in [6, 6.07) is 6.60. The van der Waals surface area contributed by atoms with E-state index in [-0.39, 0.29) is 29.5 Å². The average molecular weight is 373 g/mol. The Kier molecular flexibility index (Phi) is 7.04. The number of para-hydroxylation sites is 1. The minimum absolute atomic E-state index is 0.00112. The molecule has 0 unspecified atom stereocenters. The number of rotatable bonds is 9. The van der Waals surface area contributed by atoms with Gasteiger partial charge in [0.05, 0.1) is 22.8 Å². The van der Waals surface area contributed by atoms with Crippen LogP contribution in [-0.4, -0.2) is 34.0 Å². The van der Waals surface area contributed by atoms with Gasteiger partial charge in [-0.15, -0.1) is 0 Å². The highest BCUT2D eigenvalue weighted by atomic mass is 16.6. The molecule has 0 bridgehead atoms. The molecule has 0 saturated heterocycles. The van der Waals surface area contributed by atoms with Gasteiger partial charge in [-0.25, -0.2) is 14.8 Å². The van der Waals surface area contributed by atoms with Gasteiger partial charge in [0.15, 0.2) is 0 Å². The molecule has 1 aromatic carbocycles. The maximum absolute atomic E-state index is 12.1. The number of carbonyl (C=O) groups is 1. The van der Waals surface area contributed by atoms with E-state index in [4.69, 9.17) is 4.74 Å². The third-order valence-electron chi connectivity index (χ3n) is 3.69. The average Bonchev–Trinajstić information content (AvgIpc) is 2.62. The second-order valence-corrected chi connectivity index (χ2v) is 6.18. The number of hydrogen-bond acceptors (Lipinski definition) is 8. The van der Waals surface area contributed by atoms with Crippen molar-refractivity contribution in [2.75, 3.05) is 23.8 Å². The van der Waals surface area contributed by atoms with Crippen LogP contribution in [0.15, 0.2) is 30.6 Å². The summed E-state index contributed by atoms with van der Waals surface area (Å²) in [5.74, 6) is 0.0607. The number of ether oxygens (including phenoxy) is 1. The van der Waals surface area contributed by atoms with Crippen LogP contribution in [0.3, 0.4) is 0 Å². The molecular formula is C18H23N5O4. The summed E-state index contributed by atoms with van der Waals surface area (Å²) in [6.07, 6.45) is 2.08. The van der Waals surface area contributed by atoms with E-state index in [0.29, 0.717) is 18.2 Å². The Morgan fingerprint density at radius 1 is 1.26 bits per heavy atom. The molecule has 1 heterocycles. The van der Waals surface area contributed by atoms with Gasteiger partial charge in [-0.2, -0.15) is 0 Å². The predicted octanol–water partition coefficient (Wildman–Crippen LogP) is 3.76. The van der Waals surface area contributed by atoms with E-state index in [2.05, 4.69) is 34.4 Å². The van der Waals surface area contributed by atoms with Crippen molar-refractivity contribution in [2.45, 2.75) is 27.2 Å². The molecular weight excluding hydrogens is 350 g/mol. The number of hydrogen-bond donors (Lipinski definition) is 2. The zero-order valence-corrected chi connectivity index (χ0v) is 15.6. The summed E-state index contributed by atoms with van der Waals surface area (Å²) in [7, 11) is 0. The maximum Gasteiger partial charge on any atom is 0.353 e. The minimum atomic E-state index is -0.549. The number of benzene rings is 1. The zero-order valence-electron chi connectivity index (χ0n) is 15.6. The lowest BCUT2D eigenvalue weighted by molar-refractivity contribution is -0.383.